The molecule has 3 heteroatoms. The molecule has 1 aromatic rings. The molecular weight excluding hydrogens is 204 g/mol. The van der Waals surface area contributed by atoms with Crippen molar-refractivity contribution in [1.82, 2.24) is 0 Å². The predicted octanol–water partition coefficient (Wildman–Crippen LogP) is 2.55. The van der Waals surface area contributed by atoms with Crippen LogP contribution in [-0.2, 0) is 4.74 Å². The smallest absolute Gasteiger partial charge is 0.119 e. The Hall–Kier alpha value is -1.06. The minimum Gasteiger partial charge on any atom is -0.491 e. The normalized spacial score (nSPS) is 12.4. The third-order valence-electron chi connectivity index (χ3n) is 2.21. The van der Waals surface area contributed by atoms with Crippen LogP contribution in [0.4, 0.5) is 0 Å². The Morgan fingerprint density at radius 1 is 1.12 bits per heavy atom. The van der Waals surface area contributed by atoms with Crippen LogP contribution in [0.5, 0.6) is 5.75 Å². The van der Waals surface area contributed by atoms with Crippen molar-refractivity contribution in [2.45, 2.75) is 26.4 Å². The number of aliphatic hydroxyl groups is 1. The molecule has 0 radical (unpaired) electrons. The molecule has 0 unspecified atom stereocenters. The van der Waals surface area contributed by atoms with Crippen LogP contribution in [0.1, 0.15) is 31.9 Å². The van der Waals surface area contributed by atoms with E-state index in [-0.39, 0.29) is 0 Å². The topological polar surface area (TPSA) is 38.7 Å². The average molecular weight is 224 g/mol. The summed E-state index contributed by atoms with van der Waals surface area (Å²) in [6.45, 7) is 5.79. The Labute approximate surface area is 97.0 Å². The first-order chi connectivity index (χ1) is 7.74. The van der Waals surface area contributed by atoms with Gasteiger partial charge in [0.25, 0.3) is 0 Å². The highest BCUT2D eigenvalue weighted by Crippen LogP contribution is 2.16. The van der Waals surface area contributed by atoms with Gasteiger partial charge in [0.15, 0.2) is 0 Å². The Morgan fingerprint density at radius 3 is 2.38 bits per heavy atom. The van der Waals surface area contributed by atoms with E-state index in [9.17, 15) is 5.11 Å². The lowest BCUT2D eigenvalue weighted by atomic mass is 10.1. The molecule has 90 valence electrons. The highest BCUT2D eigenvalue weighted by molar-refractivity contribution is 5.28. The standard InChI is InChI=1S/C13H20O3/c1-3-8-15-9-10-16-13-6-4-12(5-7-13)11(2)14/h4-7,11,14H,3,8-10H2,1-2H3/t11-/m1/s1. The Morgan fingerprint density at radius 2 is 1.81 bits per heavy atom. The van der Waals surface area contributed by atoms with Crippen LogP contribution in [0.25, 0.3) is 0 Å². The van der Waals surface area contributed by atoms with Gasteiger partial charge in [-0.1, -0.05) is 19.1 Å². The van der Waals surface area contributed by atoms with Crippen molar-refractivity contribution in [1.29, 1.82) is 0 Å². The molecule has 3 nitrogen and oxygen atoms in total. The summed E-state index contributed by atoms with van der Waals surface area (Å²) in [6, 6.07) is 7.46. The molecule has 0 spiro atoms. The van der Waals surface area contributed by atoms with E-state index in [4.69, 9.17) is 9.47 Å². The summed E-state index contributed by atoms with van der Waals surface area (Å²) in [5.74, 6) is 0.810. The Balaban J connectivity index is 2.27. The maximum Gasteiger partial charge on any atom is 0.119 e. The lowest BCUT2D eigenvalue weighted by Crippen LogP contribution is -2.07. The SMILES string of the molecule is CCCOCCOc1ccc([C@@H](C)O)cc1. The van der Waals surface area contributed by atoms with E-state index in [1.165, 1.54) is 0 Å². The highest BCUT2D eigenvalue weighted by atomic mass is 16.5. The monoisotopic (exact) mass is 224 g/mol. The number of hydrogen-bond acceptors (Lipinski definition) is 3. The fourth-order valence-electron chi connectivity index (χ4n) is 1.31. The molecule has 1 atom stereocenters. The molecule has 1 aromatic carbocycles. The number of aliphatic hydroxyl groups excluding tert-OH is 1. The number of ether oxygens (including phenoxy) is 2. The zero-order valence-electron chi connectivity index (χ0n) is 9.98. The maximum atomic E-state index is 9.33. The third kappa shape index (κ3) is 4.64. The third-order valence-corrected chi connectivity index (χ3v) is 2.21. The van der Waals surface area contributed by atoms with Crippen molar-refractivity contribution in [2.75, 3.05) is 19.8 Å². The molecule has 0 aliphatic rings. The van der Waals surface area contributed by atoms with E-state index in [0.29, 0.717) is 13.2 Å². The van der Waals surface area contributed by atoms with Crippen molar-refractivity contribution in [3.05, 3.63) is 29.8 Å². The molecule has 1 N–H and O–H groups in total. The van der Waals surface area contributed by atoms with Gasteiger partial charge in [0, 0.05) is 6.61 Å². The lowest BCUT2D eigenvalue weighted by Gasteiger charge is -2.08. The largest absolute Gasteiger partial charge is 0.491 e. The first-order valence-corrected chi connectivity index (χ1v) is 5.72. The van der Waals surface area contributed by atoms with Gasteiger partial charge in [0.1, 0.15) is 12.4 Å². The minimum atomic E-state index is -0.429. The molecule has 16 heavy (non-hydrogen) atoms. The van der Waals surface area contributed by atoms with Gasteiger partial charge in [-0.25, -0.2) is 0 Å². The lowest BCUT2D eigenvalue weighted by molar-refractivity contribution is 0.101. The fourth-order valence-corrected chi connectivity index (χ4v) is 1.31. The average Bonchev–Trinajstić information content (AvgIpc) is 2.29. The Bertz CT molecular complexity index is 280. The maximum absolute atomic E-state index is 9.33. The van der Waals surface area contributed by atoms with Crippen LogP contribution in [0, 0.1) is 0 Å². The van der Waals surface area contributed by atoms with Gasteiger partial charge in [0.05, 0.1) is 12.7 Å². The molecule has 0 saturated carbocycles. The summed E-state index contributed by atoms with van der Waals surface area (Å²) in [4.78, 5) is 0. The molecule has 0 amide bonds. The van der Waals surface area contributed by atoms with Gasteiger partial charge in [-0.3, -0.25) is 0 Å². The van der Waals surface area contributed by atoms with E-state index in [0.717, 1.165) is 24.3 Å². The van der Waals surface area contributed by atoms with Crippen molar-refractivity contribution in [3.63, 3.8) is 0 Å². The first-order valence-electron chi connectivity index (χ1n) is 5.72. The quantitative estimate of drug-likeness (QED) is 0.723. The van der Waals surface area contributed by atoms with Crippen LogP contribution in [0.3, 0.4) is 0 Å². The second-order valence-corrected chi connectivity index (χ2v) is 3.71. The molecule has 0 aliphatic carbocycles. The first kappa shape index (κ1) is 13.0. The van der Waals surface area contributed by atoms with Crippen molar-refractivity contribution in [3.8, 4) is 5.75 Å². The summed E-state index contributed by atoms with van der Waals surface area (Å²) in [7, 11) is 0. The van der Waals surface area contributed by atoms with Gasteiger partial charge in [-0.05, 0) is 31.0 Å². The van der Waals surface area contributed by atoms with Gasteiger partial charge in [-0.15, -0.1) is 0 Å². The van der Waals surface area contributed by atoms with Gasteiger partial charge in [-0.2, -0.15) is 0 Å². The molecule has 0 bridgehead atoms. The fraction of sp³-hybridized carbons (Fsp3) is 0.538. The molecule has 0 aromatic heterocycles. The predicted molar refractivity (Wildman–Crippen MR) is 63.7 cm³/mol. The molecule has 1 rings (SSSR count). The van der Waals surface area contributed by atoms with E-state index in [2.05, 4.69) is 6.92 Å². The summed E-state index contributed by atoms with van der Waals surface area (Å²) in [6.07, 6.45) is 0.602. The number of rotatable bonds is 7. The highest BCUT2D eigenvalue weighted by Gasteiger charge is 2.00. The van der Waals surface area contributed by atoms with Crippen LogP contribution in [0.2, 0.25) is 0 Å². The molecule has 0 heterocycles. The zero-order valence-corrected chi connectivity index (χ0v) is 9.98. The molecule has 0 aliphatic heterocycles. The number of hydrogen-bond donors (Lipinski definition) is 1. The van der Waals surface area contributed by atoms with Crippen LogP contribution in [-0.4, -0.2) is 24.9 Å². The number of benzene rings is 1. The van der Waals surface area contributed by atoms with Crippen molar-refractivity contribution >= 4 is 0 Å². The second-order valence-electron chi connectivity index (χ2n) is 3.71. The van der Waals surface area contributed by atoms with Gasteiger partial charge in [0.2, 0.25) is 0 Å². The van der Waals surface area contributed by atoms with Crippen LogP contribution < -0.4 is 4.74 Å². The van der Waals surface area contributed by atoms with Gasteiger partial charge >= 0.3 is 0 Å². The molecule has 0 saturated heterocycles. The molecule has 0 fully saturated rings. The van der Waals surface area contributed by atoms with Crippen molar-refractivity contribution in [2.24, 2.45) is 0 Å². The van der Waals surface area contributed by atoms with Gasteiger partial charge < -0.3 is 14.6 Å². The second kappa shape index (κ2) is 7.25. The summed E-state index contributed by atoms with van der Waals surface area (Å²) >= 11 is 0. The van der Waals surface area contributed by atoms with E-state index >= 15 is 0 Å². The van der Waals surface area contributed by atoms with E-state index in [1.54, 1.807) is 6.92 Å². The minimum absolute atomic E-state index is 0.429. The summed E-state index contributed by atoms with van der Waals surface area (Å²) < 4.78 is 10.8. The summed E-state index contributed by atoms with van der Waals surface area (Å²) in [5.41, 5.74) is 0.898. The van der Waals surface area contributed by atoms with Crippen LogP contribution >= 0.6 is 0 Å². The van der Waals surface area contributed by atoms with E-state index < -0.39 is 6.10 Å². The zero-order chi connectivity index (χ0) is 11.8. The van der Waals surface area contributed by atoms with Crippen LogP contribution in [0.15, 0.2) is 24.3 Å². The molecular formula is C13H20O3. The Kier molecular flexibility index (Phi) is 5.90. The summed E-state index contributed by atoms with van der Waals surface area (Å²) in [5, 5.41) is 9.33. The van der Waals surface area contributed by atoms with E-state index in [1.807, 2.05) is 24.3 Å². The van der Waals surface area contributed by atoms with Crippen molar-refractivity contribution < 1.29 is 14.6 Å².